The zero-order valence-corrected chi connectivity index (χ0v) is 14.2. The number of amides is 1. The van der Waals surface area contributed by atoms with Crippen LogP contribution in [0.15, 0.2) is 28.7 Å². The Kier molecular flexibility index (Phi) is 5.13. The number of rotatable bonds is 5. The van der Waals surface area contributed by atoms with E-state index in [-0.39, 0.29) is 5.91 Å². The molecule has 0 saturated carbocycles. The van der Waals surface area contributed by atoms with Crippen LogP contribution in [-0.4, -0.2) is 41.2 Å². The highest BCUT2D eigenvalue weighted by Gasteiger charge is 2.20. The molecule has 0 atom stereocenters. The van der Waals surface area contributed by atoms with Crippen molar-refractivity contribution in [1.82, 2.24) is 15.1 Å². The average Bonchev–Trinajstić information content (AvgIpc) is 3.09. The summed E-state index contributed by atoms with van der Waals surface area (Å²) < 4.78 is 10.9. The lowest BCUT2D eigenvalue weighted by Gasteiger charge is -2.30. The smallest absolute Gasteiger partial charge is 0.247 e. The lowest BCUT2D eigenvalue weighted by atomic mass is 9.99. The summed E-state index contributed by atoms with van der Waals surface area (Å²) in [5, 5.41) is 8.11. The number of hydrogen-bond donors (Lipinski definition) is 0. The van der Waals surface area contributed by atoms with Crippen molar-refractivity contribution >= 4 is 5.91 Å². The number of piperidine rings is 1. The molecule has 128 valence electrons. The lowest BCUT2D eigenvalue weighted by Crippen LogP contribution is -2.38. The molecule has 2 aromatic rings. The Balaban J connectivity index is 1.57. The second kappa shape index (κ2) is 7.47. The highest BCUT2D eigenvalue weighted by molar-refractivity contribution is 5.76. The van der Waals surface area contributed by atoms with Gasteiger partial charge in [-0.2, -0.15) is 0 Å². The number of likely N-dealkylation sites (tertiary alicyclic amines) is 1. The maximum absolute atomic E-state index is 12.3. The number of aromatic nitrogens is 2. The minimum absolute atomic E-state index is 0.169. The minimum atomic E-state index is 0.169. The third-order valence-corrected chi connectivity index (χ3v) is 4.47. The molecule has 1 saturated heterocycles. The Hall–Kier alpha value is -2.37. The first-order valence-electron chi connectivity index (χ1n) is 8.40. The van der Waals surface area contributed by atoms with Crippen LogP contribution in [0.5, 0.6) is 5.75 Å². The molecule has 0 bridgehead atoms. The first-order valence-corrected chi connectivity index (χ1v) is 8.40. The second-order valence-corrected chi connectivity index (χ2v) is 6.30. The van der Waals surface area contributed by atoms with Crippen molar-refractivity contribution in [1.29, 1.82) is 0 Å². The second-order valence-electron chi connectivity index (χ2n) is 6.30. The standard InChI is InChI=1S/C18H23N3O3/c1-13-8-10-21(11-9-13)17(22)7-6-16-19-20-18(24-16)14-4-3-5-15(12-14)23-2/h3-5,12-13H,6-11H2,1-2H3. The summed E-state index contributed by atoms with van der Waals surface area (Å²) in [6.45, 7) is 3.96. The highest BCUT2D eigenvalue weighted by Crippen LogP contribution is 2.23. The van der Waals surface area contributed by atoms with Gasteiger partial charge >= 0.3 is 0 Å². The Morgan fingerprint density at radius 1 is 1.33 bits per heavy atom. The normalized spacial score (nSPS) is 15.5. The van der Waals surface area contributed by atoms with Gasteiger partial charge in [0.2, 0.25) is 17.7 Å². The van der Waals surface area contributed by atoms with Crippen LogP contribution in [0.25, 0.3) is 11.5 Å². The third kappa shape index (κ3) is 3.93. The first kappa shape index (κ1) is 16.5. The van der Waals surface area contributed by atoms with Crippen molar-refractivity contribution in [2.45, 2.75) is 32.6 Å². The summed E-state index contributed by atoms with van der Waals surface area (Å²) in [4.78, 5) is 14.2. The fourth-order valence-electron chi connectivity index (χ4n) is 2.86. The molecule has 1 amide bonds. The van der Waals surface area contributed by atoms with E-state index in [0.717, 1.165) is 43.2 Å². The van der Waals surface area contributed by atoms with E-state index in [4.69, 9.17) is 9.15 Å². The van der Waals surface area contributed by atoms with Crippen LogP contribution in [-0.2, 0) is 11.2 Å². The largest absolute Gasteiger partial charge is 0.497 e. The molecule has 1 aromatic carbocycles. The number of nitrogens with zero attached hydrogens (tertiary/aromatic N) is 3. The Labute approximate surface area is 141 Å². The van der Waals surface area contributed by atoms with Crippen LogP contribution in [0.3, 0.4) is 0 Å². The van der Waals surface area contributed by atoms with Crippen molar-refractivity contribution in [3.05, 3.63) is 30.2 Å². The molecule has 2 heterocycles. The van der Waals surface area contributed by atoms with Gasteiger partial charge in [-0.15, -0.1) is 10.2 Å². The fourth-order valence-corrected chi connectivity index (χ4v) is 2.86. The van der Waals surface area contributed by atoms with E-state index in [1.165, 1.54) is 0 Å². The summed E-state index contributed by atoms with van der Waals surface area (Å²) >= 11 is 0. The number of aryl methyl sites for hydroxylation is 1. The van der Waals surface area contributed by atoms with E-state index >= 15 is 0 Å². The predicted octanol–water partition coefficient (Wildman–Crippen LogP) is 2.94. The summed E-state index contributed by atoms with van der Waals surface area (Å²) in [6.07, 6.45) is 3.06. The van der Waals surface area contributed by atoms with Crippen LogP contribution in [0.2, 0.25) is 0 Å². The van der Waals surface area contributed by atoms with Crippen LogP contribution < -0.4 is 4.74 Å². The van der Waals surface area contributed by atoms with Gasteiger partial charge in [0.15, 0.2) is 0 Å². The van der Waals surface area contributed by atoms with E-state index in [2.05, 4.69) is 17.1 Å². The van der Waals surface area contributed by atoms with Crippen LogP contribution in [0.1, 0.15) is 32.1 Å². The molecule has 1 fully saturated rings. The molecule has 0 spiro atoms. The lowest BCUT2D eigenvalue weighted by molar-refractivity contribution is -0.132. The van der Waals surface area contributed by atoms with Crippen molar-refractivity contribution in [2.75, 3.05) is 20.2 Å². The molecule has 1 aliphatic rings. The monoisotopic (exact) mass is 329 g/mol. The molecule has 0 radical (unpaired) electrons. The molecule has 1 aliphatic heterocycles. The fraction of sp³-hybridized carbons (Fsp3) is 0.500. The Morgan fingerprint density at radius 3 is 2.88 bits per heavy atom. The number of ether oxygens (including phenoxy) is 1. The molecule has 3 rings (SSSR count). The number of carbonyl (C=O) groups excluding carboxylic acids is 1. The van der Waals surface area contributed by atoms with Gasteiger partial charge in [0.05, 0.1) is 7.11 Å². The summed E-state index contributed by atoms with van der Waals surface area (Å²) in [5.41, 5.74) is 0.810. The summed E-state index contributed by atoms with van der Waals surface area (Å²) in [5.74, 6) is 2.56. The van der Waals surface area contributed by atoms with Gasteiger partial charge in [0.1, 0.15) is 5.75 Å². The van der Waals surface area contributed by atoms with Gasteiger partial charge in [0.25, 0.3) is 0 Å². The number of hydrogen-bond acceptors (Lipinski definition) is 5. The minimum Gasteiger partial charge on any atom is -0.497 e. The Morgan fingerprint density at radius 2 is 2.12 bits per heavy atom. The molecule has 0 unspecified atom stereocenters. The quantitative estimate of drug-likeness (QED) is 0.843. The number of benzene rings is 1. The maximum Gasteiger partial charge on any atom is 0.247 e. The third-order valence-electron chi connectivity index (χ3n) is 4.47. The van der Waals surface area contributed by atoms with E-state index < -0.39 is 0 Å². The topological polar surface area (TPSA) is 68.5 Å². The molecule has 1 aromatic heterocycles. The van der Waals surface area contributed by atoms with E-state index in [9.17, 15) is 4.79 Å². The summed E-state index contributed by atoms with van der Waals surface area (Å²) in [6, 6.07) is 7.47. The van der Waals surface area contributed by atoms with E-state index in [1.807, 2.05) is 29.2 Å². The Bertz CT molecular complexity index is 690. The van der Waals surface area contributed by atoms with Gasteiger partial charge in [-0.1, -0.05) is 13.0 Å². The van der Waals surface area contributed by atoms with Crippen LogP contribution in [0, 0.1) is 5.92 Å². The zero-order chi connectivity index (χ0) is 16.9. The van der Waals surface area contributed by atoms with Gasteiger partial charge in [-0.3, -0.25) is 4.79 Å². The molecule has 0 aliphatic carbocycles. The van der Waals surface area contributed by atoms with Gasteiger partial charge in [-0.05, 0) is 37.0 Å². The average molecular weight is 329 g/mol. The van der Waals surface area contributed by atoms with E-state index in [1.54, 1.807) is 7.11 Å². The molecule has 24 heavy (non-hydrogen) atoms. The van der Waals surface area contributed by atoms with Crippen LogP contribution in [0.4, 0.5) is 0 Å². The molecule has 0 N–H and O–H groups in total. The maximum atomic E-state index is 12.3. The van der Waals surface area contributed by atoms with Gasteiger partial charge < -0.3 is 14.1 Å². The van der Waals surface area contributed by atoms with Gasteiger partial charge in [-0.25, -0.2) is 0 Å². The van der Waals surface area contributed by atoms with Gasteiger partial charge in [0, 0.05) is 31.5 Å². The number of carbonyl (C=O) groups is 1. The SMILES string of the molecule is COc1cccc(-c2nnc(CCC(=O)N3CCC(C)CC3)o2)c1. The zero-order valence-electron chi connectivity index (χ0n) is 14.2. The van der Waals surface area contributed by atoms with Crippen molar-refractivity contribution < 1.29 is 13.9 Å². The summed E-state index contributed by atoms with van der Waals surface area (Å²) in [7, 11) is 1.62. The predicted molar refractivity (Wildman–Crippen MR) is 89.6 cm³/mol. The van der Waals surface area contributed by atoms with Crippen LogP contribution >= 0.6 is 0 Å². The first-order chi connectivity index (χ1) is 11.7. The molecule has 6 heteroatoms. The molecular weight excluding hydrogens is 306 g/mol. The van der Waals surface area contributed by atoms with Crippen molar-refractivity contribution in [3.8, 4) is 17.2 Å². The molecular formula is C18H23N3O3. The van der Waals surface area contributed by atoms with E-state index in [0.29, 0.717) is 24.6 Å². The highest BCUT2D eigenvalue weighted by atomic mass is 16.5. The van der Waals surface area contributed by atoms with Crippen molar-refractivity contribution in [2.24, 2.45) is 5.92 Å². The molecule has 6 nitrogen and oxygen atoms in total. The number of methoxy groups -OCH3 is 1. The van der Waals surface area contributed by atoms with Crippen molar-refractivity contribution in [3.63, 3.8) is 0 Å².